The van der Waals surface area contributed by atoms with Gasteiger partial charge in [-0.05, 0) is 37.5 Å². The monoisotopic (exact) mass is 358 g/mol. The highest BCUT2D eigenvalue weighted by atomic mass is 31.1. The van der Waals surface area contributed by atoms with Crippen LogP contribution in [-0.2, 0) is 0 Å². The molecule has 0 N–H and O–H groups in total. The number of hydrogen-bond acceptors (Lipinski definition) is 2. The van der Waals surface area contributed by atoms with Crippen molar-refractivity contribution in [3.05, 3.63) is 78.4 Å². The Morgan fingerprint density at radius 3 is 1.56 bits per heavy atom. The SMILES string of the molecule is COc1ccccc1P(c1cc(F)cc(F)c1)c1ccccc1OC. The third kappa shape index (κ3) is 3.64. The number of methoxy groups -OCH3 is 2. The minimum Gasteiger partial charge on any atom is -0.496 e. The lowest BCUT2D eigenvalue weighted by Gasteiger charge is -2.23. The van der Waals surface area contributed by atoms with E-state index in [0.29, 0.717) is 16.8 Å². The van der Waals surface area contributed by atoms with Crippen molar-refractivity contribution >= 4 is 23.8 Å². The smallest absolute Gasteiger partial charge is 0.127 e. The summed E-state index contributed by atoms with van der Waals surface area (Å²) in [6.07, 6.45) is 0. The van der Waals surface area contributed by atoms with E-state index in [0.717, 1.165) is 16.7 Å². The Kier molecular flexibility index (Phi) is 5.30. The predicted molar refractivity (Wildman–Crippen MR) is 98.2 cm³/mol. The number of halogens is 2. The van der Waals surface area contributed by atoms with Crippen LogP contribution < -0.4 is 25.4 Å². The Labute approximate surface area is 146 Å². The van der Waals surface area contributed by atoms with Gasteiger partial charge in [-0.15, -0.1) is 0 Å². The molecule has 0 bridgehead atoms. The summed E-state index contributed by atoms with van der Waals surface area (Å²) in [5.41, 5.74) is 0. The van der Waals surface area contributed by atoms with Crippen LogP contribution >= 0.6 is 7.92 Å². The molecule has 0 aliphatic heterocycles. The molecule has 0 fully saturated rings. The van der Waals surface area contributed by atoms with Crippen LogP contribution in [0.15, 0.2) is 66.7 Å². The van der Waals surface area contributed by atoms with Gasteiger partial charge < -0.3 is 9.47 Å². The summed E-state index contributed by atoms with van der Waals surface area (Å²) in [5.74, 6) is 0.132. The van der Waals surface area contributed by atoms with E-state index >= 15 is 0 Å². The second-order valence-electron chi connectivity index (χ2n) is 5.31. The van der Waals surface area contributed by atoms with Crippen LogP contribution in [0.25, 0.3) is 0 Å². The van der Waals surface area contributed by atoms with Crippen molar-refractivity contribution in [2.24, 2.45) is 0 Å². The van der Waals surface area contributed by atoms with Crippen molar-refractivity contribution in [1.82, 2.24) is 0 Å². The molecule has 0 aliphatic carbocycles. The van der Waals surface area contributed by atoms with Gasteiger partial charge in [0.25, 0.3) is 0 Å². The molecule has 0 saturated carbocycles. The van der Waals surface area contributed by atoms with E-state index in [1.165, 1.54) is 12.1 Å². The third-order valence-corrected chi connectivity index (χ3v) is 6.23. The highest BCUT2D eigenvalue weighted by Crippen LogP contribution is 2.39. The zero-order chi connectivity index (χ0) is 17.8. The molecule has 0 heterocycles. The largest absolute Gasteiger partial charge is 0.496 e. The molecular weight excluding hydrogens is 341 g/mol. The van der Waals surface area contributed by atoms with E-state index in [2.05, 4.69) is 0 Å². The van der Waals surface area contributed by atoms with E-state index in [9.17, 15) is 8.78 Å². The van der Waals surface area contributed by atoms with Crippen LogP contribution in [0.4, 0.5) is 8.78 Å². The molecule has 128 valence electrons. The molecule has 0 atom stereocenters. The van der Waals surface area contributed by atoms with Gasteiger partial charge >= 0.3 is 0 Å². The van der Waals surface area contributed by atoms with E-state index in [1.807, 2.05) is 48.5 Å². The molecule has 0 saturated heterocycles. The first-order valence-corrected chi connectivity index (χ1v) is 9.00. The van der Waals surface area contributed by atoms with Gasteiger partial charge in [0, 0.05) is 16.7 Å². The fourth-order valence-electron chi connectivity index (χ4n) is 2.71. The second kappa shape index (κ2) is 7.62. The molecule has 0 amide bonds. The summed E-state index contributed by atoms with van der Waals surface area (Å²) in [5, 5.41) is 2.30. The number of hydrogen-bond donors (Lipinski definition) is 0. The Bertz CT molecular complexity index is 815. The Morgan fingerprint density at radius 2 is 1.12 bits per heavy atom. The third-order valence-electron chi connectivity index (χ3n) is 3.76. The first kappa shape index (κ1) is 17.4. The summed E-state index contributed by atoms with van der Waals surface area (Å²) in [4.78, 5) is 0. The molecule has 3 rings (SSSR count). The number of rotatable bonds is 5. The summed E-state index contributed by atoms with van der Waals surface area (Å²) in [7, 11) is 1.91. The van der Waals surface area contributed by atoms with Crippen molar-refractivity contribution in [2.45, 2.75) is 0 Å². The molecule has 2 nitrogen and oxygen atoms in total. The highest BCUT2D eigenvalue weighted by molar-refractivity contribution is 7.80. The average molecular weight is 358 g/mol. The molecule has 5 heteroatoms. The molecule has 0 spiro atoms. The zero-order valence-electron chi connectivity index (χ0n) is 13.9. The fourth-order valence-corrected chi connectivity index (χ4v) is 5.27. The minimum absolute atomic E-state index is 0.557. The molecule has 3 aromatic rings. The van der Waals surface area contributed by atoms with Gasteiger partial charge in [-0.2, -0.15) is 0 Å². The normalized spacial score (nSPS) is 10.8. The molecule has 3 aromatic carbocycles. The van der Waals surface area contributed by atoms with Gasteiger partial charge in [-0.25, -0.2) is 8.78 Å². The minimum atomic E-state index is -1.26. The maximum atomic E-state index is 13.9. The van der Waals surface area contributed by atoms with Gasteiger partial charge in [-0.3, -0.25) is 0 Å². The topological polar surface area (TPSA) is 18.5 Å². The van der Waals surface area contributed by atoms with E-state index in [4.69, 9.17) is 9.47 Å². The van der Waals surface area contributed by atoms with Gasteiger partial charge in [0.2, 0.25) is 0 Å². The number of para-hydroxylation sites is 2. The van der Waals surface area contributed by atoms with Crippen LogP contribution in [0.2, 0.25) is 0 Å². The van der Waals surface area contributed by atoms with Crippen LogP contribution in [0.5, 0.6) is 11.5 Å². The lowest BCUT2D eigenvalue weighted by molar-refractivity contribution is 0.417. The van der Waals surface area contributed by atoms with Crippen molar-refractivity contribution in [1.29, 1.82) is 0 Å². The molecular formula is C20H17F2O2P. The fraction of sp³-hybridized carbons (Fsp3) is 0.100. The second-order valence-corrected chi connectivity index (χ2v) is 7.46. The summed E-state index contributed by atoms with van der Waals surface area (Å²) >= 11 is 0. The van der Waals surface area contributed by atoms with Gasteiger partial charge in [0.15, 0.2) is 0 Å². The quantitative estimate of drug-likeness (QED) is 0.647. The van der Waals surface area contributed by atoms with Crippen LogP contribution in [0.1, 0.15) is 0 Å². The van der Waals surface area contributed by atoms with Crippen LogP contribution in [0.3, 0.4) is 0 Å². The molecule has 0 radical (unpaired) electrons. The predicted octanol–water partition coefficient (Wildman–Crippen LogP) is 3.74. The zero-order valence-corrected chi connectivity index (χ0v) is 14.8. The van der Waals surface area contributed by atoms with Crippen molar-refractivity contribution < 1.29 is 18.3 Å². The molecule has 0 aromatic heterocycles. The lowest BCUT2D eigenvalue weighted by Crippen LogP contribution is -2.23. The van der Waals surface area contributed by atoms with Crippen molar-refractivity contribution in [2.75, 3.05) is 14.2 Å². The van der Waals surface area contributed by atoms with Gasteiger partial charge in [-0.1, -0.05) is 36.4 Å². The van der Waals surface area contributed by atoms with Crippen molar-refractivity contribution in [3.8, 4) is 11.5 Å². The van der Waals surface area contributed by atoms with E-state index < -0.39 is 19.6 Å². The Hall–Kier alpha value is -2.45. The first-order chi connectivity index (χ1) is 12.1. The summed E-state index contributed by atoms with van der Waals surface area (Å²) in [6.45, 7) is 0. The maximum absolute atomic E-state index is 13.9. The Morgan fingerprint density at radius 1 is 0.680 bits per heavy atom. The highest BCUT2D eigenvalue weighted by Gasteiger charge is 2.24. The first-order valence-electron chi connectivity index (χ1n) is 7.66. The van der Waals surface area contributed by atoms with Gasteiger partial charge in [0.05, 0.1) is 14.2 Å². The summed E-state index contributed by atoms with van der Waals surface area (Å²) in [6, 6.07) is 18.6. The standard InChI is InChI=1S/C20H17F2O2P/c1-23-17-7-3-5-9-19(17)25(16-12-14(21)11-15(22)13-16)20-10-6-4-8-18(20)24-2/h3-13H,1-2H3. The molecule has 0 aliphatic rings. The summed E-state index contributed by atoms with van der Waals surface area (Å²) < 4.78 is 38.8. The van der Waals surface area contributed by atoms with E-state index in [-0.39, 0.29) is 0 Å². The van der Waals surface area contributed by atoms with Crippen molar-refractivity contribution in [3.63, 3.8) is 0 Å². The average Bonchev–Trinajstić information content (AvgIpc) is 2.62. The van der Waals surface area contributed by atoms with Crippen LogP contribution in [0, 0.1) is 11.6 Å². The van der Waals surface area contributed by atoms with E-state index in [1.54, 1.807) is 14.2 Å². The van der Waals surface area contributed by atoms with Gasteiger partial charge in [0.1, 0.15) is 23.1 Å². The maximum Gasteiger partial charge on any atom is 0.127 e. The number of benzene rings is 3. The van der Waals surface area contributed by atoms with Crippen LogP contribution in [-0.4, -0.2) is 14.2 Å². The molecule has 25 heavy (non-hydrogen) atoms. The molecule has 0 unspecified atom stereocenters. The lowest BCUT2D eigenvalue weighted by atomic mass is 10.3. The number of ether oxygens (including phenoxy) is 2. The Balaban J connectivity index is 2.28.